The number of nitrogens with zero attached hydrogens (tertiary/aromatic N) is 2. The second-order valence-electron chi connectivity index (χ2n) is 3.80. The zero-order chi connectivity index (χ0) is 11.3. The summed E-state index contributed by atoms with van der Waals surface area (Å²) < 4.78 is 2.90. The van der Waals surface area contributed by atoms with Gasteiger partial charge in [0.1, 0.15) is 0 Å². The molecular formula is C11H18BrN3. The van der Waals surface area contributed by atoms with E-state index in [1.807, 2.05) is 17.9 Å². The maximum Gasteiger partial charge on any atom is 0.0745 e. The summed E-state index contributed by atoms with van der Waals surface area (Å²) in [7, 11) is 1.94. The molecular weight excluding hydrogens is 254 g/mol. The Morgan fingerprint density at radius 3 is 2.87 bits per heavy atom. The first kappa shape index (κ1) is 12.5. The van der Waals surface area contributed by atoms with Crippen molar-refractivity contribution in [2.24, 2.45) is 7.05 Å². The molecule has 1 aromatic rings. The minimum absolute atomic E-state index is 0.557. The van der Waals surface area contributed by atoms with Crippen LogP contribution in [0.2, 0.25) is 0 Å². The Morgan fingerprint density at radius 2 is 2.33 bits per heavy atom. The molecule has 0 aliphatic carbocycles. The van der Waals surface area contributed by atoms with E-state index < -0.39 is 0 Å². The summed E-state index contributed by atoms with van der Waals surface area (Å²) in [6.45, 7) is 5.33. The van der Waals surface area contributed by atoms with Crippen LogP contribution in [0.3, 0.4) is 0 Å². The molecule has 0 aromatic carbocycles. The molecule has 15 heavy (non-hydrogen) atoms. The van der Waals surface area contributed by atoms with E-state index in [0.717, 1.165) is 23.1 Å². The van der Waals surface area contributed by atoms with Gasteiger partial charge in [-0.25, -0.2) is 0 Å². The van der Waals surface area contributed by atoms with Crippen LogP contribution >= 0.6 is 15.9 Å². The molecule has 4 heteroatoms. The van der Waals surface area contributed by atoms with Crippen LogP contribution in [0.4, 0.5) is 0 Å². The fourth-order valence-corrected chi connectivity index (χ4v) is 1.74. The van der Waals surface area contributed by atoms with Crippen molar-refractivity contribution in [3.63, 3.8) is 0 Å². The fraction of sp³-hybridized carbons (Fsp3) is 0.545. The molecule has 0 aliphatic rings. The lowest BCUT2D eigenvalue weighted by Gasteiger charge is -2.04. The molecule has 0 atom stereocenters. The van der Waals surface area contributed by atoms with Crippen LogP contribution in [0.1, 0.15) is 26.0 Å². The molecule has 0 radical (unpaired) electrons. The van der Waals surface area contributed by atoms with Crippen molar-refractivity contribution in [2.45, 2.75) is 26.3 Å². The molecule has 1 N–H and O–H groups in total. The largest absolute Gasteiger partial charge is 0.314 e. The minimum atomic E-state index is 0.557. The van der Waals surface area contributed by atoms with Crippen molar-refractivity contribution in [2.75, 3.05) is 6.54 Å². The van der Waals surface area contributed by atoms with Crippen LogP contribution in [-0.2, 0) is 7.05 Å². The smallest absolute Gasteiger partial charge is 0.0745 e. The lowest BCUT2D eigenvalue weighted by atomic mass is 10.3. The van der Waals surface area contributed by atoms with Gasteiger partial charge in [-0.3, -0.25) is 4.68 Å². The van der Waals surface area contributed by atoms with Gasteiger partial charge in [-0.2, -0.15) is 5.10 Å². The monoisotopic (exact) mass is 271 g/mol. The fourth-order valence-electron chi connectivity index (χ4n) is 1.26. The van der Waals surface area contributed by atoms with Crippen molar-refractivity contribution in [1.82, 2.24) is 15.1 Å². The van der Waals surface area contributed by atoms with Gasteiger partial charge in [0.25, 0.3) is 0 Å². The maximum absolute atomic E-state index is 4.15. The van der Waals surface area contributed by atoms with E-state index in [-0.39, 0.29) is 0 Å². The van der Waals surface area contributed by atoms with Crippen molar-refractivity contribution >= 4 is 22.0 Å². The van der Waals surface area contributed by atoms with Gasteiger partial charge in [-0.1, -0.05) is 19.9 Å². The first-order valence-corrected chi connectivity index (χ1v) is 5.98. The first-order valence-electron chi connectivity index (χ1n) is 5.18. The molecule has 0 unspecified atom stereocenters. The van der Waals surface area contributed by atoms with Crippen LogP contribution in [-0.4, -0.2) is 22.4 Å². The Kier molecular flexibility index (Phi) is 5.05. The van der Waals surface area contributed by atoms with Crippen LogP contribution in [0.5, 0.6) is 0 Å². The van der Waals surface area contributed by atoms with Gasteiger partial charge in [-0.15, -0.1) is 0 Å². The maximum atomic E-state index is 4.15. The SMILES string of the molecule is CC(C)NCC/C=C/c1c(Br)cnn1C. The number of halogens is 1. The number of aryl methyl sites for hydroxylation is 1. The van der Waals surface area contributed by atoms with E-state index in [2.05, 4.69) is 52.3 Å². The average molecular weight is 272 g/mol. The minimum Gasteiger partial charge on any atom is -0.314 e. The van der Waals surface area contributed by atoms with Crippen LogP contribution in [0.25, 0.3) is 6.08 Å². The van der Waals surface area contributed by atoms with Gasteiger partial charge in [-0.05, 0) is 35.0 Å². The predicted octanol–water partition coefficient (Wildman–Crippen LogP) is 2.58. The second kappa shape index (κ2) is 6.08. The van der Waals surface area contributed by atoms with Crippen LogP contribution in [0.15, 0.2) is 16.7 Å². The van der Waals surface area contributed by atoms with Crippen molar-refractivity contribution in [3.8, 4) is 0 Å². The van der Waals surface area contributed by atoms with E-state index >= 15 is 0 Å². The number of nitrogens with one attached hydrogen (secondary N) is 1. The van der Waals surface area contributed by atoms with Gasteiger partial charge in [0.2, 0.25) is 0 Å². The Hall–Kier alpha value is -0.610. The van der Waals surface area contributed by atoms with Gasteiger partial charge < -0.3 is 5.32 Å². The van der Waals surface area contributed by atoms with E-state index in [0.29, 0.717) is 6.04 Å². The standard InChI is InChI=1S/C11H18BrN3/c1-9(2)13-7-5-4-6-11-10(12)8-14-15(11)3/h4,6,8-9,13H,5,7H2,1-3H3/b6-4+. The van der Waals surface area contributed by atoms with E-state index in [9.17, 15) is 0 Å². The zero-order valence-corrected chi connectivity index (χ0v) is 11.1. The molecule has 1 rings (SSSR count). The Labute approximate surface area is 99.7 Å². The normalized spacial score (nSPS) is 11.8. The van der Waals surface area contributed by atoms with Crippen molar-refractivity contribution in [3.05, 3.63) is 22.4 Å². The van der Waals surface area contributed by atoms with Crippen molar-refractivity contribution < 1.29 is 0 Å². The lowest BCUT2D eigenvalue weighted by molar-refractivity contribution is 0.595. The average Bonchev–Trinajstić information content (AvgIpc) is 2.47. The summed E-state index contributed by atoms with van der Waals surface area (Å²) in [5, 5.41) is 7.52. The third-order valence-electron chi connectivity index (χ3n) is 2.08. The highest BCUT2D eigenvalue weighted by molar-refractivity contribution is 9.10. The summed E-state index contributed by atoms with van der Waals surface area (Å²) in [6.07, 6.45) is 7.11. The highest BCUT2D eigenvalue weighted by Crippen LogP contribution is 2.16. The summed E-state index contributed by atoms with van der Waals surface area (Å²) in [5.74, 6) is 0. The number of hydrogen-bond donors (Lipinski definition) is 1. The third kappa shape index (κ3) is 4.18. The van der Waals surface area contributed by atoms with Gasteiger partial charge in [0, 0.05) is 13.1 Å². The van der Waals surface area contributed by atoms with Gasteiger partial charge in [0.15, 0.2) is 0 Å². The molecule has 0 amide bonds. The molecule has 3 nitrogen and oxygen atoms in total. The summed E-state index contributed by atoms with van der Waals surface area (Å²) in [6, 6.07) is 0.557. The molecule has 0 saturated carbocycles. The Balaban J connectivity index is 2.38. The Morgan fingerprint density at radius 1 is 1.60 bits per heavy atom. The van der Waals surface area contributed by atoms with Gasteiger partial charge in [0.05, 0.1) is 16.4 Å². The third-order valence-corrected chi connectivity index (χ3v) is 2.69. The molecule has 0 saturated heterocycles. The van der Waals surface area contributed by atoms with Crippen LogP contribution < -0.4 is 5.32 Å². The molecule has 0 aliphatic heterocycles. The topological polar surface area (TPSA) is 29.9 Å². The van der Waals surface area contributed by atoms with E-state index in [1.165, 1.54) is 0 Å². The number of rotatable bonds is 5. The van der Waals surface area contributed by atoms with Crippen LogP contribution in [0, 0.1) is 0 Å². The van der Waals surface area contributed by atoms with Gasteiger partial charge >= 0.3 is 0 Å². The highest BCUT2D eigenvalue weighted by atomic mass is 79.9. The molecule has 0 bridgehead atoms. The number of aromatic nitrogens is 2. The summed E-state index contributed by atoms with van der Waals surface area (Å²) in [4.78, 5) is 0. The second-order valence-corrected chi connectivity index (χ2v) is 4.66. The lowest BCUT2D eigenvalue weighted by Crippen LogP contribution is -2.23. The first-order chi connectivity index (χ1) is 7.11. The molecule has 1 heterocycles. The van der Waals surface area contributed by atoms with Crippen molar-refractivity contribution in [1.29, 1.82) is 0 Å². The summed E-state index contributed by atoms with van der Waals surface area (Å²) in [5.41, 5.74) is 1.11. The Bertz CT molecular complexity index is 309. The molecule has 0 spiro atoms. The zero-order valence-electron chi connectivity index (χ0n) is 9.50. The molecule has 84 valence electrons. The summed E-state index contributed by atoms with van der Waals surface area (Å²) >= 11 is 3.46. The molecule has 0 fully saturated rings. The van der Waals surface area contributed by atoms with E-state index in [1.54, 1.807) is 0 Å². The number of hydrogen-bond acceptors (Lipinski definition) is 2. The highest BCUT2D eigenvalue weighted by Gasteiger charge is 2.00. The predicted molar refractivity (Wildman–Crippen MR) is 67.7 cm³/mol. The van der Waals surface area contributed by atoms with E-state index in [4.69, 9.17) is 0 Å². The molecule has 1 aromatic heterocycles. The quantitative estimate of drug-likeness (QED) is 0.835.